The molecule has 0 heterocycles. The van der Waals surface area contributed by atoms with Crippen molar-refractivity contribution in [2.24, 2.45) is 40.4 Å². The van der Waals surface area contributed by atoms with E-state index in [1.54, 1.807) is 5.57 Å². The molecule has 0 amide bonds. The van der Waals surface area contributed by atoms with Crippen LogP contribution in [-0.2, 0) is 0 Å². The molecule has 1 unspecified atom stereocenters. The van der Waals surface area contributed by atoms with Crippen molar-refractivity contribution in [3.8, 4) is 0 Å². The van der Waals surface area contributed by atoms with E-state index < -0.39 is 6.10 Å². The summed E-state index contributed by atoms with van der Waals surface area (Å²) in [6.45, 7) is 12.1. The summed E-state index contributed by atoms with van der Waals surface area (Å²) in [5.74, 6) is 3.64. The van der Waals surface area contributed by atoms with E-state index in [0.717, 1.165) is 24.2 Å². The second-order valence-corrected chi connectivity index (χ2v) is 11.9. The van der Waals surface area contributed by atoms with Gasteiger partial charge in [0.1, 0.15) is 0 Å². The van der Waals surface area contributed by atoms with Crippen LogP contribution in [0.5, 0.6) is 0 Å². The molecule has 3 fully saturated rings. The van der Waals surface area contributed by atoms with Crippen LogP contribution in [0.1, 0.15) is 92.4 Å². The van der Waals surface area contributed by atoms with Gasteiger partial charge in [0.2, 0.25) is 0 Å². The van der Waals surface area contributed by atoms with Crippen molar-refractivity contribution < 1.29 is 10.2 Å². The molecular weight excluding hydrogens is 356 g/mol. The predicted octanol–water partition coefficient (Wildman–Crippen LogP) is 6.28. The Bertz CT molecular complexity index is 676. The summed E-state index contributed by atoms with van der Waals surface area (Å²) in [6, 6.07) is 0. The van der Waals surface area contributed by atoms with Crippen LogP contribution in [0, 0.1) is 40.4 Å². The van der Waals surface area contributed by atoms with Crippen molar-refractivity contribution in [3.05, 3.63) is 23.3 Å². The van der Waals surface area contributed by atoms with Gasteiger partial charge in [0, 0.05) is 11.8 Å². The minimum atomic E-state index is -0.414. The lowest BCUT2D eigenvalue weighted by Crippen LogP contribution is -2.52. The smallest absolute Gasteiger partial charge is 0.0661 e. The topological polar surface area (TPSA) is 40.5 Å². The van der Waals surface area contributed by atoms with Crippen LogP contribution in [0.25, 0.3) is 0 Å². The summed E-state index contributed by atoms with van der Waals surface area (Å²) in [5.41, 5.74) is 3.20. The van der Waals surface area contributed by atoms with Crippen molar-refractivity contribution >= 4 is 0 Å². The molecule has 0 aromatic heterocycles. The lowest BCUT2D eigenvalue weighted by Gasteiger charge is -2.56. The first-order valence-electron chi connectivity index (χ1n) is 12.4. The average Bonchev–Trinajstić information content (AvgIpc) is 3.00. The highest BCUT2D eigenvalue weighted by Crippen LogP contribution is 2.66. The first-order chi connectivity index (χ1) is 13.7. The maximum atomic E-state index is 11.0. The Hall–Kier alpha value is -0.600. The van der Waals surface area contributed by atoms with Gasteiger partial charge in [0.15, 0.2) is 0 Å². The Kier molecular flexibility index (Phi) is 5.84. The molecule has 164 valence electrons. The Balaban J connectivity index is 1.55. The largest absolute Gasteiger partial charge is 0.393 e. The highest BCUT2D eigenvalue weighted by molar-refractivity contribution is 5.40. The monoisotopic (exact) mass is 400 g/mol. The zero-order valence-corrected chi connectivity index (χ0v) is 19.5. The summed E-state index contributed by atoms with van der Waals surface area (Å²) in [5, 5.41) is 21.2. The van der Waals surface area contributed by atoms with Crippen molar-refractivity contribution in [2.75, 3.05) is 0 Å². The third-order valence-electron chi connectivity index (χ3n) is 9.85. The quantitative estimate of drug-likeness (QED) is 0.570. The van der Waals surface area contributed by atoms with Crippen molar-refractivity contribution in [1.29, 1.82) is 0 Å². The average molecular weight is 401 g/mol. The van der Waals surface area contributed by atoms with E-state index in [0.29, 0.717) is 23.7 Å². The molecule has 3 saturated carbocycles. The van der Waals surface area contributed by atoms with E-state index >= 15 is 0 Å². The summed E-state index contributed by atoms with van der Waals surface area (Å²) in [4.78, 5) is 0. The fraction of sp³-hybridized carbons (Fsp3) is 0.852. The predicted molar refractivity (Wildman–Crippen MR) is 120 cm³/mol. The standard InChI is InChI=1S/C27H44O2/c1-17(2)7-6-8-18(3)22-11-12-23-21-10-9-19-15-20(28)16-25(29)27(19,5)24(21)13-14-26(22,23)4/h9-10,17-18,20,22-25,28-29H,6-8,11-16H2,1-5H3/t18-,20+,22-,23-,24+,25?,26-,27+/m1/s1. The summed E-state index contributed by atoms with van der Waals surface area (Å²) in [7, 11) is 0. The summed E-state index contributed by atoms with van der Waals surface area (Å²) in [6.07, 6.45) is 14.5. The Morgan fingerprint density at radius 3 is 2.48 bits per heavy atom. The second-order valence-electron chi connectivity index (χ2n) is 11.9. The minimum absolute atomic E-state index is 0.161. The zero-order chi connectivity index (χ0) is 21.0. The van der Waals surface area contributed by atoms with Gasteiger partial charge < -0.3 is 10.2 Å². The van der Waals surface area contributed by atoms with E-state index in [2.05, 4.69) is 46.8 Å². The molecule has 2 N–H and O–H groups in total. The van der Waals surface area contributed by atoms with Gasteiger partial charge >= 0.3 is 0 Å². The molecule has 4 aliphatic carbocycles. The lowest BCUT2D eigenvalue weighted by atomic mass is 9.49. The number of aliphatic hydroxyl groups is 2. The van der Waals surface area contributed by atoms with Crippen LogP contribution < -0.4 is 0 Å². The van der Waals surface area contributed by atoms with Gasteiger partial charge in [0.25, 0.3) is 0 Å². The van der Waals surface area contributed by atoms with Gasteiger partial charge in [-0.25, -0.2) is 0 Å². The number of hydrogen-bond donors (Lipinski definition) is 2. The second kappa shape index (κ2) is 7.83. The summed E-state index contributed by atoms with van der Waals surface area (Å²) >= 11 is 0. The maximum Gasteiger partial charge on any atom is 0.0661 e. The molecule has 4 rings (SSSR count). The van der Waals surface area contributed by atoms with Crippen LogP contribution in [0.15, 0.2) is 23.3 Å². The molecule has 8 atom stereocenters. The van der Waals surface area contributed by atoms with Crippen LogP contribution >= 0.6 is 0 Å². The number of hydrogen-bond acceptors (Lipinski definition) is 2. The third-order valence-corrected chi connectivity index (χ3v) is 9.85. The van der Waals surface area contributed by atoms with Crippen LogP contribution in [0.3, 0.4) is 0 Å². The SMILES string of the molecule is CC(C)CCC[C@@H](C)[C@H]1CC[C@@H]2C3=CC=C4C[C@H](O)CC(O)[C@]4(C)[C@H]3CC[C@@]21C. The van der Waals surface area contributed by atoms with Crippen molar-refractivity contribution in [3.63, 3.8) is 0 Å². The number of rotatable bonds is 5. The van der Waals surface area contributed by atoms with Crippen molar-refractivity contribution in [2.45, 2.75) is 105 Å². The molecule has 0 radical (unpaired) electrons. The molecule has 0 saturated heterocycles. The molecule has 2 heteroatoms. The molecule has 0 aromatic rings. The van der Waals surface area contributed by atoms with Gasteiger partial charge in [-0.05, 0) is 67.1 Å². The molecule has 2 nitrogen and oxygen atoms in total. The molecule has 4 aliphatic rings. The normalized spacial score (nSPS) is 45.2. The van der Waals surface area contributed by atoms with Gasteiger partial charge in [0.05, 0.1) is 12.2 Å². The number of aliphatic hydroxyl groups excluding tert-OH is 2. The van der Waals surface area contributed by atoms with E-state index in [4.69, 9.17) is 0 Å². The van der Waals surface area contributed by atoms with E-state index in [-0.39, 0.29) is 11.5 Å². The van der Waals surface area contributed by atoms with Gasteiger partial charge in [-0.15, -0.1) is 0 Å². The molecule has 0 aliphatic heterocycles. The van der Waals surface area contributed by atoms with Crippen LogP contribution in [0.4, 0.5) is 0 Å². The zero-order valence-electron chi connectivity index (χ0n) is 19.5. The molecule has 29 heavy (non-hydrogen) atoms. The van der Waals surface area contributed by atoms with Crippen LogP contribution in [-0.4, -0.2) is 22.4 Å². The van der Waals surface area contributed by atoms with Gasteiger partial charge in [-0.3, -0.25) is 0 Å². The first-order valence-corrected chi connectivity index (χ1v) is 12.4. The Labute approximate surface area is 178 Å². The van der Waals surface area contributed by atoms with Gasteiger partial charge in [-0.1, -0.05) is 77.2 Å². The van der Waals surface area contributed by atoms with E-state index in [1.807, 2.05) is 0 Å². The minimum Gasteiger partial charge on any atom is -0.393 e. The molecular formula is C27H44O2. The molecule has 0 aromatic carbocycles. The van der Waals surface area contributed by atoms with E-state index in [9.17, 15) is 10.2 Å². The molecule has 0 spiro atoms. The van der Waals surface area contributed by atoms with Gasteiger partial charge in [-0.2, -0.15) is 0 Å². The highest BCUT2D eigenvalue weighted by atomic mass is 16.3. The number of fused-ring (bicyclic) bond motifs is 5. The molecule has 0 bridgehead atoms. The maximum absolute atomic E-state index is 11.0. The van der Waals surface area contributed by atoms with Crippen LogP contribution in [0.2, 0.25) is 0 Å². The van der Waals surface area contributed by atoms with Crippen molar-refractivity contribution in [1.82, 2.24) is 0 Å². The summed E-state index contributed by atoms with van der Waals surface area (Å²) < 4.78 is 0. The van der Waals surface area contributed by atoms with E-state index in [1.165, 1.54) is 50.5 Å². The lowest BCUT2D eigenvalue weighted by molar-refractivity contribution is -0.0544. The Morgan fingerprint density at radius 2 is 1.76 bits per heavy atom. The highest BCUT2D eigenvalue weighted by Gasteiger charge is 2.58. The fourth-order valence-electron chi connectivity index (χ4n) is 8.07. The fourth-order valence-corrected chi connectivity index (χ4v) is 8.07. The number of allylic oxidation sites excluding steroid dienone is 3. The third kappa shape index (κ3) is 3.47. The first kappa shape index (κ1) is 21.6. The Morgan fingerprint density at radius 1 is 1.00 bits per heavy atom.